The summed E-state index contributed by atoms with van der Waals surface area (Å²) in [5.74, 6) is -1.30. The summed E-state index contributed by atoms with van der Waals surface area (Å²) in [6, 6.07) is 14.7. The molecule has 0 aliphatic rings. The van der Waals surface area contributed by atoms with E-state index in [9.17, 15) is 9.59 Å². The lowest BCUT2D eigenvalue weighted by molar-refractivity contribution is -0.147. The fourth-order valence-electron chi connectivity index (χ4n) is 2.47. The number of nitrogens with zero attached hydrogens (tertiary/aromatic N) is 1. The van der Waals surface area contributed by atoms with Crippen LogP contribution in [-0.4, -0.2) is 41.6 Å². The Balaban J connectivity index is 1.88. The van der Waals surface area contributed by atoms with Crippen molar-refractivity contribution >= 4 is 35.1 Å². The first-order chi connectivity index (χ1) is 12.9. The van der Waals surface area contributed by atoms with E-state index in [2.05, 4.69) is 0 Å². The number of aliphatic carboxylic acids is 1. The fourth-order valence-corrected chi connectivity index (χ4v) is 2.79. The summed E-state index contributed by atoms with van der Waals surface area (Å²) >= 11 is 11.9. The highest BCUT2D eigenvalue weighted by molar-refractivity contribution is 6.42. The van der Waals surface area contributed by atoms with Crippen LogP contribution in [0.1, 0.15) is 17.5 Å². The Morgan fingerprint density at radius 2 is 1.70 bits per heavy atom. The number of ether oxygens (including phenoxy) is 1. The summed E-state index contributed by atoms with van der Waals surface area (Å²) in [4.78, 5) is 24.8. The number of halogens is 2. The number of hydrogen-bond donors (Lipinski definition) is 1. The van der Waals surface area contributed by atoms with E-state index < -0.39 is 11.9 Å². The second-order valence-electron chi connectivity index (χ2n) is 6.06. The van der Waals surface area contributed by atoms with Crippen molar-refractivity contribution in [1.82, 2.24) is 4.90 Å². The van der Waals surface area contributed by atoms with E-state index in [0.29, 0.717) is 23.0 Å². The summed E-state index contributed by atoms with van der Waals surface area (Å²) in [6.45, 7) is 0.990. The van der Waals surface area contributed by atoms with Crippen LogP contribution in [-0.2, 0) is 27.4 Å². The second kappa shape index (κ2) is 10.9. The summed E-state index contributed by atoms with van der Waals surface area (Å²) in [5, 5.41) is 9.87. The fraction of sp³-hybridized carbons (Fsp3) is 0.300. The van der Waals surface area contributed by atoms with Crippen molar-refractivity contribution < 1.29 is 19.4 Å². The van der Waals surface area contributed by atoms with Gasteiger partial charge in [0.05, 0.1) is 23.0 Å². The van der Waals surface area contributed by atoms with Gasteiger partial charge in [0.15, 0.2) is 0 Å². The summed E-state index contributed by atoms with van der Waals surface area (Å²) in [7, 11) is 0. The minimum absolute atomic E-state index is 0.0292. The molecule has 1 N–H and O–H groups in total. The predicted octanol–water partition coefficient (Wildman–Crippen LogP) is 4.06. The third-order valence-electron chi connectivity index (χ3n) is 3.94. The number of esters is 1. The Labute approximate surface area is 168 Å². The van der Waals surface area contributed by atoms with Gasteiger partial charge in [0.2, 0.25) is 0 Å². The number of hydrogen-bond acceptors (Lipinski definition) is 4. The van der Waals surface area contributed by atoms with Crippen LogP contribution in [0.5, 0.6) is 0 Å². The predicted molar refractivity (Wildman–Crippen MR) is 105 cm³/mol. The first-order valence-electron chi connectivity index (χ1n) is 8.51. The first-order valence-corrected chi connectivity index (χ1v) is 9.27. The smallest absolute Gasteiger partial charge is 0.320 e. The van der Waals surface area contributed by atoms with E-state index in [1.54, 1.807) is 17.0 Å². The monoisotopic (exact) mass is 409 g/mol. The average molecular weight is 410 g/mol. The lowest BCUT2D eigenvalue weighted by Crippen LogP contribution is -2.34. The topological polar surface area (TPSA) is 66.8 Å². The molecule has 2 aromatic rings. The van der Waals surface area contributed by atoms with Gasteiger partial charge in [-0.25, -0.2) is 0 Å². The van der Waals surface area contributed by atoms with Crippen LogP contribution in [0, 0.1) is 0 Å². The molecule has 0 heterocycles. The number of rotatable bonds is 10. The van der Waals surface area contributed by atoms with E-state index in [1.165, 1.54) is 0 Å². The van der Waals surface area contributed by atoms with Gasteiger partial charge < -0.3 is 9.84 Å². The molecule has 0 saturated heterocycles. The van der Waals surface area contributed by atoms with Crippen LogP contribution >= 0.6 is 23.2 Å². The van der Waals surface area contributed by atoms with Gasteiger partial charge in [-0.1, -0.05) is 59.6 Å². The highest BCUT2D eigenvalue weighted by Crippen LogP contribution is 2.22. The normalized spacial score (nSPS) is 10.8. The van der Waals surface area contributed by atoms with Crippen molar-refractivity contribution in [3.05, 3.63) is 69.7 Å². The van der Waals surface area contributed by atoms with Gasteiger partial charge in [-0.3, -0.25) is 14.5 Å². The molecule has 27 heavy (non-hydrogen) atoms. The van der Waals surface area contributed by atoms with Crippen molar-refractivity contribution in [2.75, 3.05) is 19.6 Å². The minimum atomic E-state index is -0.910. The van der Waals surface area contributed by atoms with E-state index in [1.807, 2.05) is 36.4 Å². The quantitative estimate of drug-likeness (QED) is 0.599. The molecular weight excluding hydrogens is 389 g/mol. The van der Waals surface area contributed by atoms with Crippen molar-refractivity contribution in [2.24, 2.45) is 0 Å². The van der Waals surface area contributed by atoms with E-state index in [-0.39, 0.29) is 26.1 Å². The standard InChI is InChI=1S/C20H21Cl2NO4/c21-17-7-6-15(12-18(17)22)8-10-23(11-9-19(24)25)13-20(26)27-14-16-4-2-1-3-5-16/h1-7,12H,8-11,13-14H2,(H,24,25). The Morgan fingerprint density at radius 1 is 0.963 bits per heavy atom. The van der Waals surface area contributed by atoms with Crippen LogP contribution in [0.3, 0.4) is 0 Å². The zero-order valence-electron chi connectivity index (χ0n) is 14.7. The Bertz CT molecular complexity index is 768. The molecule has 0 atom stereocenters. The molecule has 5 nitrogen and oxygen atoms in total. The minimum Gasteiger partial charge on any atom is -0.481 e. The number of carboxylic acid groups (broad SMARTS) is 1. The van der Waals surface area contributed by atoms with Gasteiger partial charge in [0, 0.05) is 13.1 Å². The van der Waals surface area contributed by atoms with E-state index in [4.69, 9.17) is 33.0 Å². The molecule has 0 saturated carbocycles. The van der Waals surface area contributed by atoms with Crippen LogP contribution in [0.15, 0.2) is 48.5 Å². The molecule has 0 aliphatic carbocycles. The number of benzene rings is 2. The van der Waals surface area contributed by atoms with Gasteiger partial charge in [-0.2, -0.15) is 0 Å². The molecule has 0 fully saturated rings. The summed E-state index contributed by atoms with van der Waals surface area (Å²) in [6.07, 6.45) is 0.565. The maximum absolute atomic E-state index is 12.1. The van der Waals surface area contributed by atoms with E-state index >= 15 is 0 Å². The molecule has 0 radical (unpaired) electrons. The molecular formula is C20H21Cl2NO4. The maximum Gasteiger partial charge on any atom is 0.320 e. The summed E-state index contributed by atoms with van der Waals surface area (Å²) < 4.78 is 5.29. The molecule has 0 unspecified atom stereocenters. The number of carbonyl (C=O) groups is 2. The highest BCUT2D eigenvalue weighted by Gasteiger charge is 2.14. The molecule has 2 rings (SSSR count). The molecule has 0 spiro atoms. The number of carbonyl (C=O) groups excluding carboxylic acids is 1. The third kappa shape index (κ3) is 7.99. The summed E-state index contributed by atoms with van der Waals surface area (Å²) in [5.41, 5.74) is 1.86. The van der Waals surface area contributed by atoms with E-state index in [0.717, 1.165) is 11.1 Å². The lowest BCUT2D eigenvalue weighted by Gasteiger charge is -2.20. The average Bonchev–Trinajstić information content (AvgIpc) is 2.65. The number of carboxylic acids is 1. The third-order valence-corrected chi connectivity index (χ3v) is 4.68. The Kier molecular flexibility index (Phi) is 8.58. The van der Waals surface area contributed by atoms with Crippen molar-refractivity contribution in [2.45, 2.75) is 19.4 Å². The zero-order valence-corrected chi connectivity index (χ0v) is 16.2. The molecule has 0 amide bonds. The van der Waals surface area contributed by atoms with Gasteiger partial charge >= 0.3 is 11.9 Å². The second-order valence-corrected chi connectivity index (χ2v) is 6.88. The largest absolute Gasteiger partial charge is 0.481 e. The van der Waals surface area contributed by atoms with Gasteiger partial charge in [0.1, 0.15) is 6.61 Å². The van der Waals surface area contributed by atoms with Crippen LogP contribution in [0.4, 0.5) is 0 Å². The molecule has 7 heteroatoms. The lowest BCUT2D eigenvalue weighted by atomic mass is 10.1. The first kappa shape index (κ1) is 21.2. The molecule has 0 bridgehead atoms. The molecule has 2 aromatic carbocycles. The van der Waals surface area contributed by atoms with Crippen LogP contribution in [0.25, 0.3) is 0 Å². The van der Waals surface area contributed by atoms with Crippen molar-refractivity contribution in [3.63, 3.8) is 0 Å². The zero-order chi connectivity index (χ0) is 19.6. The Morgan fingerprint density at radius 3 is 2.37 bits per heavy atom. The highest BCUT2D eigenvalue weighted by atomic mass is 35.5. The SMILES string of the molecule is O=C(O)CCN(CCc1ccc(Cl)c(Cl)c1)CC(=O)OCc1ccccc1. The van der Waals surface area contributed by atoms with Crippen LogP contribution < -0.4 is 0 Å². The molecule has 144 valence electrons. The molecule has 0 aromatic heterocycles. The maximum atomic E-state index is 12.1. The van der Waals surface area contributed by atoms with Crippen molar-refractivity contribution in [3.8, 4) is 0 Å². The van der Waals surface area contributed by atoms with Gasteiger partial charge in [-0.15, -0.1) is 0 Å². The Hall–Kier alpha value is -2.08. The van der Waals surface area contributed by atoms with Crippen LogP contribution in [0.2, 0.25) is 10.0 Å². The van der Waals surface area contributed by atoms with Gasteiger partial charge in [-0.05, 0) is 29.7 Å². The van der Waals surface area contributed by atoms with Gasteiger partial charge in [0.25, 0.3) is 0 Å². The van der Waals surface area contributed by atoms with Crippen molar-refractivity contribution in [1.29, 1.82) is 0 Å². The molecule has 0 aliphatic heterocycles.